The lowest BCUT2D eigenvalue weighted by molar-refractivity contribution is -0.129. The normalized spacial score (nSPS) is 17.9. The molecule has 9 nitrogen and oxygen atoms in total. The minimum Gasteiger partial charge on any atom is -0.495 e. The van der Waals surface area contributed by atoms with Crippen molar-refractivity contribution in [3.8, 4) is 16.9 Å². The van der Waals surface area contributed by atoms with Gasteiger partial charge in [0.15, 0.2) is 5.82 Å². The zero-order valence-corrected chi connectivity index (χ0v) is 24.9. The van der Waals surface area contributed by atoms with Crippen molar-refractivity contribution in [2.75, 3.05) is 45.2 Å². The van der Waals surface area contributed by atoms with Crippen LogP contribution >= 0.6 is 0 Å². The predicted molar refractivity (Wildman–Crippen MR) is 160 cm³/mol. The van der Waals surface area contributed by atoms with Crippen LogP contribution in [0.5, 0.6) is 5.75 Å². The molecule has 1 saturated heterocycles. The summed E-state index contributed by atoms with van der Waals surface area (Å²) in [5.74, 6) is 1.34. The summed E-state index contributed by atoms with van der Waals surface area (Å²) in [7, 11) is 3.70. The number of carbonyl (C=O) groups excluding carboxylic acids is 1. The average molecular weight is 590 g/mol. The first-order valence-corrected chi connectivity index (χ1v) is 15.1. The number of pyridine rings is 1. The van der Waals surface area contributed by atoms with E-state index >= 15 is 0 Å². The van der Waals surface area contributed by atoms with Gasteiger partial charge in [0.1, 0.15) is 11.4 Å². The van der Waals surface area contributed by atoms with Crippen LogP contribution in [0, 0.1) is 0 Å². The lowest BCUT2D eigenvalue weighted by Gasteiger charge is -2.33. The number of imidazole rings is 1. The molecule has 0 unspecified atom stereocenters. The number of carbonyl (C=O) groups is 1. The summed E-state index contributed by atoms with van der Waals surface area (Å²) in [6, 6.07) is 5.65. The minimum atomic E-state index is -2.69. The molecular weight excluding hydrogens is 552 g/mol. The van der Waals surface area contributed by atoms with Gasteiger partial charge in [-0.25, -0.2) is 13.8 Å². The van der Waals surface area contributed by atoms with Crippen LogP contribution in [0.25, 0.3) is 16.8 Å². The van der Waals surface area contributed by atoms with E-state index in [1.807, 2.05) is 21.4 Å². The van der Waals surface area contributed by atoms with E-state index in [-0.39, 0.29) is 17.5 Å². The summed E-state index contributed by atoms with van der Waals surface area (Å²) in [4.78, 5) is 23.1. The number of fused-ring (bicyclic) bond motifs is 3. The number of amides is 1. The van der Waals surface area contributed by atoms with Gasteiger partial charge in [-0.2, -0.15) is 5.10 Å². The molecule has 3 aliphatic heterocycles. The summed E-state index contributed by atoms with van der Waals surface area (Å²) in [5, 5.41) is 5.24. The third-order valence-corrected chi connectivity index (χ3v) is 9.41. The number of nitrogens with zero attached hydrogens (tertiary/aromatic N) is 7. The summed E-state index contributed by atoms with van der Waals surface area (Å²) >= 11 is 0. The van der Waals surface area contributed by atoms with Crippen molar-refractivity contribution >= 4 is 23.1 Å². The highest BCUT2D eigenvalue weighted by molar-refractivity contribution is 5.81. The molecule has 7 rings (SSSR count). The lowest BCUT2D eigenvalue weighted by atomic mass is 9.91. The number of ether oxygens (including phenoxy) is 1. The summed E-state index contributed by atoms with van der Waals surface area (Å²) in [6.45, 7) is 5.45. The zero-order valence-electron chi connectivity index (χ0n) is 24.9. The largest absolute Gasteiger partial charge is 0.495 e. The SMILES string of the molecule is COc1cn2ccnc2cc1-c1cc2c(cc1C(F)F)N(c1nn(C3CCN(C)CC3)c3c1CN(C(C)=O)CC3)CCC2. The Labute approximate surface area is 249 Å². The highest BCUT2D eigenvalue weighted by Crippen LogP contribution is 2.45. The molecule has 0 atom stereocenters. The van der Waals surface area contributed by atoms with Gasteiger partial charge in [-0.1, -0.05) is 0 Å². The van der Waals surface area contributed by atoms with E-state index in [0.29, 0.717) is 42.2 Å². The maximum Gasteiger partial charge on any atom is 0.264 e. The monoisotopic (exact) mass is 589 g/mol. The van der Waals surface area contributed by atoms with Gasteiger partial charge in [0, 0.05) is 66.9 Å². The Hall–Kier alpha value is -3.99. The second-order valence-corrected chi connectivity index (χ2v) is 12.0. The summed E-state index contributed by atoms with van der Waals surface area (Å²) < 4.78 is 39.4. The van der Waals surface area contributed by atoms with Crippen molar-refractivity contribution in [2.24, 2.45) is 0 Å². The number of hydrogen-bond acceptors (Lipinski definition) is 6. The van der Waals surface area contributed by atoms with Crippen LogP contribution in [-0.2, 0) is 24.2 Å². The smallest absolute Gasteiger partial charge is 0.264 e. The van der Waals surface area contributed by atoms with Gasteiger partial charge in [0.05, 0.1) is 25.9 Å². The molecule has 3 aliphatic rings. The Morgan fingerprint density at radius 2 is 1.88 bits per heavy atom. The van der Waals surface area contributed by atoms with Gasteiger partial charge in [0.2, 0.25) is 5.91 Å². The molecule has 0 saturated carbocycles. The fourth-order valence-corrected chi connectivity index (χ4v) is 7.05. The summed E-state index contributed by atoms with van der Waals surface area (Å²) in [5.41, 5.74) is 5.65. The van der Waals surface area contributed by atoms with Crippen LogP contribution in [0.3, 0.4) is 0 Å². The second-order valence-electron chi connectivity index (χ2n) is 12.0. The molecule has 1 fully saturated rings. The molecule has 4 aromatic rings. The first-order valence-electron chi connectivity index (χ1n) is 15.1. The lowest BCUT2D eigenvalue weighted by Crippen LogP contribution is -2.36. The molecule has 1 amide bonds. The van der Waals surface area contributed by atoms with Crippen LogP contribution in [0.2, 0.25) is 0 Å². The fourth-order valence-electron chi connectivity index (χ4n) is 7.05. The van der Waals surface area contributed by atoms with Crippen LogP contribution in [0.4, 0.5) is 20.3 Å². The Balaban J connectivity index is 1.35. The van der Waals surface area contributed by atoms with Gasteiger partial charge < -0.3 is 23.8 Å². The Bertz CT molecular complexity index is 1690. The third-order valence-electron chi connectivity index (χ3n) is 9.41. The first kappa shape index (κ1) is 27.8. The summed E-state index contributed by atoms with van der Waals surface area (Å²) in [6.07, 6.45) is 6.97. The number of likely N-dealkylation sites (tertiary alicyclic amines) is 1. The van der Waals surface area contributed by atoms with E-state index in [1.54, 1.807) is 38.7 Å². The van der Waals surface area contributed by atoms with Gasteiger partial charge in [-0.05, 0) is 75.1 Å². The molecule has 0 spiro atoms. The van der Waals surface area contributed by atoms with Crippen LogP contribution < -0.4 is 9.64 Å². The van der Waals surface area contributed by atoms with Crippen LogP contribution in [0.15, 0.2) is 36.8 Å². The number of rotatable bonds is 5. The molecule has 0 N–H and O–H groups in total. The minimum absolute atomic E-state index is 0.0377. The third kappa shape index (κ3) is 4.83. The standard InChI is InChI=1S/C32H37F2N7O2/c1-20(42)38-13-8-27-26(18-38)32(36-41(27)22-6-11-37(2)12-7-22)40-10-4-5-21-15-23(25(31(33)34)16-28(21)40)24-17-30-35-9-14-39(30)19-29(24)43-3/h9,14-17,19,22,31H,4-8,10-13,18H2,1-3H3. The van der Waals surface area contributed by atoms with Gasteiger partial charge in [-0.15, -0.1) is 0 Å². The van der Waals surface area contributed by atoms with Crippen molar-refractivity contribution in [3.63, 3.8) is 0 Å². The van der Waals surface area contributed by atoms with Crippen molar-refractivity contribution in [3.05, 3.63) is 59.2 Å². The maximum atomic E-state index is 14.8. The predicted octanol–water partition coefficient (Wildman–Crippen LogP) is 5.40. The number of halogens is 2. The number of aryl methyl sites for hydroxylation is 1. The number of hydrogen-bond donors (Lipinski definition) is 0. The topological polar surface area (TPSA) is 71.1 Å². The first-order chi connectivity index (χ1) is 20.8. The quantitative estimate of drug-likeness (QED) is 0.311. The molecule has 11 heteroatoms. The number of anilines is 2. The Morgan fingerprint density at radius 3 is 2.63 bits per heavy atom. The number of alkyl halides is 2. The highest BCUT2D eigenvalue weighted by Gasteiger charge is 2.34. The number of aromatic nitrogens is 4. The van der Waals surface area contributed by atoms with Crippen LogP contribution in [0.1, 0.15) is 61.0 Å². The van der Waals surface area contributed by atoms with Crippen LogP contribution in [-0.4, -0.2) is 75.2 Å². The molecule has 1 aromatic carbocycles. The van der Waals surface area contributed by atoms with E-state index < -0.39 is 6.43 Å². The van der Waals surface area contributed by atoms with Crippen molar-refractivity contribution in [2.45, 2.75) is 58.0 Å². The molecule has 0 bridgehead atoms. The van der Waals surface area contributed by atoms with Crippen molar-refractivity contribution in [1.82, 2.24) is 29.0 Å². The fraction of sp³-hybridized carbons (Fsp3) is 0.469. The number of benzene rings is 1. The Morgan fingerprint density at radius 1 is 1.07 bits per heavy atom. The van der Waals surface area contributed by atoms with Crippen molar-refractivity contribution < 1.29 is 18.3 Å². The molecule has 226 valence electrons. The zero-order chi connectivity index (χ0) is 29.8. The number of piperidine rings is 1. The van der Waals surface area contributed by atoms with E-state index in [2.05, 4.69) is 26.5 Å². The number of methoxy groups -OCH3 is 1. The average Bonchev–Trinajstić information content (AvgIpc) is 3.63. The molecule has 6 heterocycles. The molecule has 3 aromatic heterocycles. The highest BCUT2D eigenvalue weighted by atomic mass is 19.3. The van der Waals surface area contributed by atoms with Gasteiger partial charge in [-0.3, -0.25) is 9.48 Å². The Kier molecular flexibility index (Phi) is 7.07. The second kappa shape index (κ2) is 10.9. The molecule has 43 heavy (non-hydrogen) atoms. The van der Waals surface area contributed by atoms with E-state index in [4.69, 9.17) is 9.84 Å². The van der Waals surface area contributed by atoms with Gasteiger partial charge >= 0.3 is 0 Å². The maximum absolute atomic E-state index is 14.8. The molecule has 0 aliphatic carbocycles. The van der Waals surface area contributed by atoms with E-state index in [0.717, 1.165) is 67.8 Å². The van der Waals surface area contributed by atoms with E-state index in [9.17, 15) is 13.6 Å². The molecule has 0 radical (unpaired) electrons. The molecular formula is C32H37F2N7O2. The van der Waals surface area contributed by atoms with E-state index in [1.165, 1.54) is 5.69 Å². The van der Waals surface area contributed by atoms with Gasteiger partial charge in [0.25, 0.3) is 6.43 Å². The van der Waals surface area contributed by atoms with Crippen molar-refractivity contribution in [1.29, 1.82) is 0 Å².